The predicted octanol–water partition coefficient (Wildman–Crippen LogP) is 2.70. The Hall–Kier alpha value is -0.760. The fraction of sp³-hybridized carbons (Fsp3) is 0.667. The first-order valence-electron chi connectivity index (χ1n) is 5.64. The Morgan fingerprint density at radius 2 is 2.14 bits per heavy atom. The zero-order valence-electron chi connectivity index (χ0n) is 9.19. The van der Waals surface area contributed by atoms with E-state index in [0.717, 1.165) is 12.5 Å². The van der Waals surface area contributed by atoms with Crippen molar-refractivity contribution < 1.29 is 0 Å². The SMILES string of the molecule is CNCc1cc(C2CCCC2)[nH]c1C. The molecule has 1 aliphatic rings. The fourth-order valence-corrected chi connectivity index (χ4v) is 2.46. The van der Waals surface area contributed by atoms with Crippen LogP contribution in [-0.2, 0) is 6.54 Å². The largest absolute Gasteiger partial charge is 0.362 e. The van der Waals surface area contributed by atoms with Crippen LogP contribution in [-0.4, -0.2) is 12.0 Å². The van der Waals surface area contributed by atoms with Crippen LogP contribution in [0.3, 0.4) is 0 Å². The summed E-state index contributed by atoms with van der Waals surface area (Å²) in [4.78, 5) is 3.53. The van der Waals surface area contributed by atoms with E-state index in [9.17, 15) is 0 Å². The molecule has 2 nitrogen and oxygen atoms in total. The van der Waals surface area contributed by atoms with Crippen LogP contribution < -0.4 is 5.32 Å². The zero-order chi connectivity index (χ0) is 9.97. The number of H-pyrrole nitrogens is 1. The van der Waals surface area contributed by atoms with Crippen molar-refractivity contribution in [1.82, 2.24) is 10.3 Å². The second-order valence-corrected chi connectivity index (χ2v) is 4.39. The van der Waals surface area contributed by atoms with Crippen molar-refractivity contribution in [3.63, 3.8) is 0 Å². The Kier molecular flexibility index (Phi) is 2.92. The third-order valence-corrected chi connectivity index (χ3v) is 3.31. The van der Waals surface area contributed by atoms with E-state index in [1.807, 2.05) is 7.05 Å². The summed E-state index contributed by atoms with van der Waals surface area (Å²) in [7, 11) is 2.00. The summed E-state index contributed by atoms with van der Waals surface area (Å²) >= 11 is 0. The molecule has 0 amide bonds. The fourth-order valence-electron chi connectivity index (χ4n) is 2.46. The Balaban J connectivity index is 2.14. The molecule has 0 aliphatic heterocycles. The van der Waals surface area contributed by atoms with Crippen molar-refractivity contribution in [1.29, 1.82) is 0 Å². The molecule has 0 saturated heterocycles. The monoisotopic (exact) mass is 192 g/mol. The molecule has 0 unspecified atom stereocenters. The van der Waals surface area contributed by atoms with Crippen LogP contribution in [0.2, 0.25) is 0 Å². The highest BCUT2D eigenvalue weighted by atomic mass is 14.8. The first kappa shape index (κ1) is 9.78. The Morgan fingerprint density at radius 3 is 2.79 bits per heavy atom. The number of aromatic nitrogens is 1. The summed E-state index contributed by atoms with van der Waals surface area (Å²) in [5.74, 6) is 0.805. The van der Waals surface area contributed by atoms with Crippen molar-refractivity contribution in [3.05, 3.63) is 23.0 Å². The van der Waals surface area contributed by atoms with Gasteiger partial charge in [0.05, 0.1) is 0 Å². The van der Waals surface area contributed by atoms with Gasteiger partial charge in [0.2, 0.25) is 0 Å². The zero-order valence-corrected chi connectivity index (χ0v) is 9.19. The van der Waals surface area contributed by atoms with E-state index in [4.69, 9.17) is 0 Å². The number of aromatic amines is 1. The summed E-state index contributed by atoms with van der Waals surface area (Å²) < 4.78 is 0. The summed E-state index contributed by atoms with van der Waals surface area (Å²) in [5, 5.41) is 3.21. The number of nitrogens with one attached hydrogen (secondary N) is 2. The predicted molar refractivity (Wildman–Crippen MR) is 59.5 cm³/mol. The van der Waals surface area contributed by atoms with Gasteiger partial charge in [0, 0.05) is 17.9 Å². The molecule has 1 aliphatic carbocycles. The summed E-state index contributed by atoms with van der Waals surface area (Å²) in [5.41, 5.74) is 4.22. The Morgan fingerprint density at radius 1 is 1.43 bits per heavy atom. The van der Waals surface area contributed by atoms with E-state index in [0.29, 0.717) is 0 Å². The number of hydrogen-bond acceptors (Lipinski definition) is 1. The van der Waals surface area contributed by atoms with Crippen molar-refractivity contribution in [2.24, 2.45) is 0 Å². The molecule has 0 spiro atoms. The second-order valence-electron chi connectivity index (χ2n) is 4.39. The van der Waals surface area contributed by atoms with Gasteiger partial charge in [0.15, 0.2) is 0 Å². The van der Waals surface area contributed by atoms with Crippen molar-refractivity contribution in [2.75, 3.05) is 7.05 Å². The maximum absolute atomic E-state index is 3.53. The van der Waals surface area contributed by atoms with Crippen molar-refractivity contribution in [3.8, 4) is 0 Å². The third kappa shape index (κ3) is 1.85. The van der Waals surface area contributed by atoms with Gasteiger partial charge in [-0.15, -0.1) is 0 Å². The third-order valence-electron chi connectivity index (χ3n) is 3.31. The number of rotatable bonds is 3. The van der Waals surface area contributed by atoms with Gasteiger partial charge in [-0.25, -0.2) is 0 Å². The molecule has 0 radical (unpaired) electrons. The second kappa shape index (κ2) is 4.18. The van der Waals surface area contributed by atoms with Gasteiger partial charge < -0.3 is 10.3 Å². The highest BCUT2D eigenvalue weighted by Gasteiger charge is 2.19. The lowest BCUT2D eigenvalue weighted by molar-refractivity contribution is 0.701. The average molecular weight is 192 g/mol. The average Bonchev–Trinajstić information content (AvgIpc) is 2.76. The number of hydrogen-bond donors (Lipinski definition) is 2. The van der Waals surface area contributed by atoms with E-state index < -0.39 is 0 Å². The van der Waals surface area contributed by atoms with Gasteiger partial charge in [-0.05, 0) is 44.4 Å². The van der Waals surface area contributed by atoms with E-state index in [-0.39, 0.29) is 0 Å². The molecule has 1 aromatic rings. The molecule has 1 fully saturated rings. The molecule has 0 atom stereocenters. The van der Waals surface area contributed by atoms with Gasteiger partial charge in [-0.2, -0.15) is 0 Å². The summed E-state index contributed by atoms with van der Waals surface area (Å²) in [6.07, 6.45) is 5.56. The van der Waals surface area contributed by atoms with E-state index >= 15 is 0 Å². The first-order chi connectivity index (χ1) is 6.81. The lowest BCUT2D eigenvalue weighted by Gasteiger charge is -2.04. The van der Waals surface area contributed by atoms with Gasteiger partial charge in [0.25, 0.3) is 0 Å². The molecular weight excluding hydrogens is 172 g/mol. The molecule has 1 aromatic heterocycles. The minimum Gasteiger partial charge on any atom is -0.362 e. The van der Waals surface area contributed by atoms with Crippen LogP contribution in [0.15, 0.2) is 6.07 Å². The summed E-state index contributed by atoms with van der Waals surface area (Å²) in [6, 6.07) is 2.35. The topological polar surface area (TPSA) is 27.8 Å². The van der Waals surface area contributed by atoms with Crippen molar-refractivity contribution >= 4 is 0 Å². The smallest absolute Gasteiger partial charge is 0.0220 e. The lowest BCUT2D eigenvalue weighted by atomic mass is 10.0. The highest BCUT2D eigenvalue weighted by Crippen LogP contribution is 2.34. The Labute approximate surface area is 86.1 Å². The van der Waals surface area contributed by atoms with Gasteiger partial charge >= 0.3 is 0 Å². The number of aryl methyl sites for hydroxylation is 1. The summed E-state index contributed by atoms with van der Waals surface area (Å²) in [6.45, 7) is 3.15. The van der Waals surface area contributed by atoms with Crippen LogP contribution in [0.25, 0.3) is 0 Å². The molecule has 14 heavy (non-hydrogen) atoms. The molecule has 2 N–H and O–H groups in total. The maximum Gasteiger partial charge on any atom is 0.0220 e. The van der Waals surface area contributed by atoms with Crippen molar-refractivity contribution in [2.45, 2.75) is 45.1 Å². The van der Waals surface area contributed by atoms with Gasteiger partial charge in [-0.1, -0.05) is 12.8 Å². The van der Waals surface area contributed by atoms with Gasteiger partial charge in [-0.3, -0.25) is 0 Å². The standard InChI is InChI=1S/C12H20N2/c1-9-11(8-13-2)7-12(14-9)10-5-3-4-6-10/h7,10,13-14H,3-6,8H2,1-2H3. The normalized spacial score (nSPS) is 17.9. The molecule has 78 valence electrons. The van der Waals surface area contributed by atoms with Crippen LogP contribution >= 0.6 is 0 Å². The van der Waals surface area contributed by atoms with E-state index in [1.54, 1.807) is 0 Å². The molecule has 2 heteroatoms. The van der Waals surface area contributed by atoms with Crippen LogP contribution in [0.5, 0.6) is 0 Å². The minimum atomic E-state index is 0.805. The quantitative estimate of drug-likeness (QED) is 0.757. The molecular formula is C12H20N2. The van der Waals surface area contributed by atoms with Gasteiger partial charge in [0.1, 0.15) is 0 Å². The molecule has 2 rings (SSSR count). The van der Waals surface area contributed by atoms with Crippen LogP contribution in [0, 0.1) is 6.92 Å². The maximum atomic E-state index is 3.53. The minimum absolute atomic E-state index is 0.805. The van der Waals surface area contributed by atoms with Crippen LogP contribution in [0.4, 0.5) is 0 Å². The van der Waals surface area contributed by atoms with E-state index in [1.165, 1.54) is 42.6 Å². The molecule has 0 aromatic carbocycles. The molecule has 0 bridgehead atoms. The van der Waals surface area contributed by atoms with E-state index in [2.05, 4.69) is 23.3 Å². The lowest BCUT2D eigenvalue weighted by Crippen LogP contribution is -2.04. The molecule has 1 heterocycles. The Bertz CT molecular complexity index is 295. The molecule has 1 saturated carbocycles. The first-order valence-corrected chi connectivity index (χ1v) is 5.64. The van der Waals surface area contributed by atoms with Crippen LogP contribution in [0.1, 0.15) is 48.6 Å². The highest BCUT2D eigenvalue weighted by molar-refractivity contribution is 5.27.